The molecule has 18 heteroatoms. The van der Waals surface area contributed by atoms with Crippen molar-refractivity contribution >= 4 is 121 Å². The molecule has 0 fully saturated rings. The van der Waals surface area contributed by atoms with Crippen LogP contribution in [-0.2, 0) is 0 Å². The summed E-state index contributed by atoms with van der Waals surface area (Å²) in [6.07, 6.45) is 0. The molecule has 0 saturated carbocycles. The Bertz CT molecular complexity index is 5000. The first-order chi connectivity index (χ1) is 39.9. The van der Waals surface area contributed by atoms with Gasteiger partial charge in [-0.3, -0.25) is 18.4 Å². The summed E-state index contributed by atoms with van der Waals surface area (Å²) in [5.41, 5.74) is 31.4. The number of anilines is 4. The molecule has 0 radical (unpaired) electrons. The van der Waals surface area contributed by atoms with E-state index < -0.39 is 0 Å². The summed E-state index contributed by atoms with van der Waals surface area (Å²) < 4.78 is 54.4. The lowest BCUT2D eigenvalue weighted by molar-refractivity contribution is 0.413. The fraction of sp³-hybridized carbons (Fsp3) is 0.0625. The average molecular weight is 1090 g/mol. The van der Waals surface area contributed by atoms with Gasteiger partial charge in [-0.25, -0.2) is 0 Å². The van der Waals surface area contributed by atoms with Gasteiger partial charge < -0.3 is 70.8 Å². The Morgan fingerprint density at radius 1 is 0.329 bits per heavy atom. The fourth-order valence-corrected chi connectivity index (χ4v) is 11.9. The molecular formula is C64H46N8O10. The summed E-state index contributed by atoms with van der Waals surface area (Å²) in [6.45, 7) is 0. The van der Waals surface area contributed by atoms with Gasteiger partial charge in [-0.2, -0.15) is 0 Å². The molecule has 0 spiro atoms. The highest BCUT2D eigenvalue weighted by molar-refractivity contribution is 6.45. The van der Waals surface area contributed by atoms with Crippen LogP contribution in [0.3, 0.4) is 0 Å². The Morgan fingerprint density at radius 2 is 0.622 bits per heavy atom. The number of benzene rings is 11. The number of aromatic nitrogens is 4. The number of ether oxygens (including phenoxy) is 8. The van der Waals surface area contributed by atoms with Crippen LogP contribution >= 0.6 is 0 Å². The second kappa shape index (κ2) is 17.6. The van der Waals surface area contributed by atoms with E-state index in [2.05, 4.69) is 9.97 Å². The van der Waals surface area contributed by atoms with Gasteiger partial charge in [0.2, 0.25) is 0 Å². The van der Waals surface area contributed by atoms with Gasteiger partial charge >= 0.3 is 0 Å². The number of methoxy groups -OCH3 is 4. The number of hydrogen-bond acceptors (Lipinski definition) is 14. The zero-order chi connectivity index (χ0) is 56.0. The average Bonchev–Trinajstić information content (AvgIpc) is 1.11. The normalized spacial score (nSPS) is 12.0. The van der Waals surface area contributed by atoms with Crippen LogP contribution in [0.2, 0.25) is 0 Å². The number of nitrogens with one attached hydrogen (secondary N) is 2. The molecule has 0 saturated heterocycles. The van der Waals surface area contributed by atoms with Crippen molar-refractivity contribution < 1.29 is 37.9 Å². The van der Waals surface area contributed by atoms with E-state index in [0.29, 0.717) is 110 Å². The quantitative estimate of drug-likeness (QED) is 0.0378. The maximum Gasteiger partial charge on any atom is 0.264 e. The van der Waals surface area contributed by atoms with Crippen molar-refractivity contribution in [3.63, 3.8) is 0 Å². The lowest BCUT2D eigenvalue weighted by Crippen LogP contribution is -2.15. The molecule has 15 aromatic rings. The number of rotatable bonds is 12. The molecule has 402 valence electrons. The molecule has 18 nitrogen and oxygen atoms in total. The van der Waals surface area contributed by atoms with Gasteiger partial charge in [-0.05, 0) is 97.1 Å². The van der Waals surface area contributed by atoms with E-state index in [1.165, 1.54) is 0 Å². The topological polar surface area (TPSA) is 252 Å². The molecule has 82 heavy (non-hydrogen) atoms. The van der Waals surface area contributed by atoms with Gasteiger partial charge in [0, 0.05) is 78.1 Å². The second-order valence-electron chi connectivity index (χ2n) is 20.0. The molecule has 11 aromatic carbocycles. The van der Waals surface area contributed by atoms with Crippen molar-refractivity contribution in [2.24, 2.45) is 0 Å². The van der Waals surface area contributed by atoms with Gasteiger partial charge in [0.1, 0.15) is 57.3 Å². The van der Waals surface area contributed by atoms with E-state index in [1.54, 1.807) is 122 Å². The summed E-state index contributed by atoms with van der Waals surface area (Å²) >= 11 is 0. The van der Waals surface area contributed by atoms with E-state index in [-0.39, 0.29) is 90.6 Å². The number of nitrogens with two attached hydrogens (primary N) is 4. The fourth-order valence-electron chi connectivity index (χ4n) is 11.9. The predicted molar refractivity (Wildman–Crippen MR) is 322 cm³/mol. The lowest BCUT2D eigenvalue weighted by atomic mass is 9.84. The molecule has 0 unspecified atom stereocenters. The minimum Gasteiger partial charge on any atom is -0.497 e. The first kappa shape index (κ1) is 47.8. The highest BCUT2D eigenvalue weighted by Crippen LogP contribution is 2.58. The maximum atomic E-state index is 15.8. The SMILES string of the molecule is COc1ccc(Oc2cc3c(=O)n4c5ccccc5[nH]c4c4cc(Oc5ccc(OC)cc5N)c5c6c(Oc7ccc(OC)cc7N)cc7c8c(cc(Oc9ccc(OC)cc9N)c(c2c5c34)c68)c(=O)n2c3ccccc3[nH]c72)c(N)c1. The zero-order valence-electron chi connectivity index (χ0n) is 44.1. The number of hydrogen-bond donors (Lipinski definition) is 6. The molecule has 0 bridgehead atoms. The smallest absolute Gasteiger partial charge is 0.264 e. The van der Waals surface area contributed by atoms with E-state index >= 15 is 9.59 Å². The number of pyridine rings is 2. The van der Waals surface area contributed by atoms with E-state index in [9.17, 15) is 0 Å². The first-order valence-corrected chi connectivity index (χ1v) is 25.9. The monoisotopic (exact) mass is 1090 g/mol. The number of H-pyrrole nitrogens is 2. The molecule has 0 aliphatic carbocycles. The van der Waals surface area contributed by atoms with Gasteiger partial charge in [0.25, 0.3) is 11.1 Å². The number of para-hydroxylation sites is 4. The van der Waals surface area contributed by atoms with Crippen LogP contribution in [-0.4, -0.2) is 47.2 Å². The van der Waals surface area contributed by atoms with Crippen molar-refractivity contribution in [1.82, 2.24) is 18.8 Å². The Kier molecular flexibility index (Phi) is 10.2. The summed E-state index contributed by atoms with van der Waals surface area (Å²) in [5, 5.41) is 5.51. The minimum absolute atomic E-state index is 0.188. The van der Waals surface area contributed by atoms with Gasteiger partial charge in [-0.1, -0.05) is 24.3 Å². The second-order valence-corrected chi connectivity index (χ2v) is 20.0. The highest BCUT2D eigenvalue weighted by atomic mass is 16.5. The van der Waals surface area contributed by atoms with Gasteiger partial charge in [-0.15, -0.1) is 0 Å². The Hall–Kier alpha value is -11.4. The number of nitrogen functional groups attached to an aromatic ring is 4. The number of aromatic amines is 2. The highest BCUT2D eigenvalue weighted by Gasteiger charge is 2.33. The number of fused-ring (bicyclic) bond motifs is 10. The van der Waals surface area contributed by atoms with Crippen molar-refractivity contribution in [2.45, 2.75) is 0 Å². The molecular weight excluding hydrogens is 1040 g/mol. The van der Waals surface area contributed by atoms with Crippen LogP contribution in [0.1, 0.15) is 0 Å². The van der Waals surface area contributed by atoms with E-state index in [0.717, 1.165) is 0 Å². The third-order valence-corrected chi connectivity index (χ3v) is 15.5. The zero-order valence-corrected chi connectivity index (χ0v) is 44.1. The summed E-state index contributed by atoms with van der Waals surface area (Å²) in [5.74, 6) is 3.99. The van der Waals surface area contributed by atoms with Crippen molar-refractivity contribution in [1.29, 1.82) is 0 Å². The molecule has 0 atom stereocenters. The van der Waals surface area contributed by atoms with Crippen LogP contribution in [0, 0.1) is 0 Å². The molecule has 10 N–H and O–H groups in total. The van der Waals surface area contributed by atoms with E-state index in [4.69, 9.17) is 60.8 Å². The van der Waals surface area contributed by atoms with Crippen molar-refractivity contribution in [3.8, 4) is 69.0 Å². The number of imidazole rings is 2. The molecule has 4 aromatic heterocycles. The standard InChI is InChI=1S/C64H46N8O10/c1-75-29-13-17-45(37(65)21-29)79-49-25-33-53-35(63(73)71-43-11-7-5-9-41(43)69-61(33)71)27-51(81-47-19-15-31(77-3)23-39(47)67)57-58-52(82-48-20-16-32(78-4)24-40(48)68)28-36-54-34(62-70-42-10-6-8-12-44(42)72(62)64(36)74)26-50(56(60(54)58)55(49)59(53)57)80-46-18-14-30(76-2)22-38(46)66/h5-28,69-70H,65-68H2,1-4H3. The summed E-state index contributed by atoms with van der Waals surface area (Å²) in [7, 11) is 6.20. The largest absolute Gasteiger partial charge is 0.497 e. The molecule has 0 aliphatic heterocycles. The third kappa shape index (κ3) is 6.81. The van der Waals surface area contributed by atoms with Crippen LogP contribution < -0.4 is 71.9 Å². The summed E-state index contributed by atoms with van der Waals surface area (Å²) in [6, 6.07) is 42.8. The maximum absolute atomic E-state index is 15.8. The predicted octanol–water partition coefficient (Wildman–Crippen LogP) is 13.2. The Morgan fingerprint density at radius 3 is 0.915 bits per heavy atom. The number of nitrogens with zero attached hydrogens (tertiary/aromatic N) is 2. The molecule has 15 rings (SSSR count). The van der Waals surface area contributed by atoms with Crippen LogP contribution in [0.5, 0.6) is 69.0 Å². The van der Waals surface area contributed by atoms with Gasteiger partial charge in [0.05, 0.1) is 84.0 Å². The molecule has 4 heterocycles. The van der Waals surface area contributed by atoms with E-state index in [1.807, 2.05) is 60.7 Å². The van der Waals surface area contributed by atoms with Crippen molar-refractivity contribution in [3.05, 3.63) is 166 Å². The minimum atomic E-state index is -0.354. The Labute approximate surface area is 462 Å². The molecule has 0 aliphatic rings. The van der Waals surface area contributed by atoms with Crippen LogP contribution in [0.25, 0.3) is 98.0 Å². The van der Waals surface area contributed by atoms with Crippen LogP contribution in [0.4, 0.5) is 22.7 Å². The van der Waals surface area contributed by atoms with Crippen LogP contribution in [0.15, 0.2) is 155 Å². The first-order valence-electron chi connectivity index (χ1n) is 25.9. The van der Waals surface area contributed by atoms with Crippen molar-refractivity contribution in [2.75, 3.05) is 51.4 Å². The lowest BCUT2D eigenvalue weighted by Gasteiger charge is -2.26. The summed E-state index contributed by atoms with van der Waals surface area (Å²) in [4.78, 5) is 38.7. The third-order valence-electron chi connectivity index (χ3n) is 15.5. The Balaban J connectivity index is 1.24. The molecule has 0 amide bonds. The van der Waals surface area contributed by atoms with Gasteiger partial charge in [0.15, 0.2) is 23.0 Å².